The smallest absolute Gasteiger partial charge is 0.408 e. The highest BCUT2D eigenvalue weighted by Crippen LogP contribution is 2.15. The summed E-state index contributed by atoms with van der Waals surface area (Å²) in [5.41, 5.74) is 1.84. The van der Waals surface area contributed by atoms with Crippen LogP contribution in [-0.2, 0) is 27.4 Å². The molecule has 2 atom stereocenters. The lowest BCUT2D eigenvalue weighted by Gasteiger charge is -2.31. The number of hydrogen-bond acceptors (Lipinski definition) is 5. The summed E-state index contributed by atoms with van der Waals surface area (Å²) in [7, 11) is 1.64. The zero-order valence-electron chi connectivity index (χ0n) is 19.8. The average Bonchev–Trinajstić information content (AvgIpc) is 2.81. The Morgan fingerprint density at radius 3 is 2.09 bits per heavy atom. The summed E-state index contributed by atoms with van der Waals surface area (Å²) in [5.74, 6) is 0.167. The molecule has 0 fully saturated rings. The fourth-order valence-electron chi connectivity index (χ4n) is 3.54. The van der Waals surface area contributed by atoms with Crippen molar-refractivity contribution < 1.29 is 19.1 Å². The first kappa shape index (κ1) is 26.5. The molecule has 0 saturated heterocycles. The van der Waals surface area contributed by atoms with Crippen molar-refractivity contribution in [3.63, 3.8) is 0 Å². The van der Waals surface area contributed by atoms with Crippen LogP contribution >= 0.6 is 11.8 Å². The predicted molar refractivity (Wildman–Crippen MR) is 133 cm³/mol. The zero-order chi connectivity index (χ0) is 24.2. The Balaban J connectivity index is 2.12. The van der Waals surface area contributed by atoms with Crippen LogP contribution in [0.25, 0.3) is 0 Å². The molecule has 2 unspecified atom stereocenters. The molecule has 6 nitrogen and oxygen atoms in total. The van der Waals surface area contributed by atoms with Gasteiger partial charge in [0.15, 0.2) is 5.78 Å². The van der Waals surface area contributed by atoms with Crippen LogP contribution in [0.1, 0.15) is 31.4 Å². The first-order chi connectivity index (χ1) is 15.8. The van der Waals surface area contributed by atoms with E-state index >= 15 is 0 Å². The summed E-state index contributed by atoms with van der Waals surface area (Å²) in [6.07, 6.45) is 2.08. The average molecular weight is 471 g/mol. The maximum absolute atomic E-state index is 13.4. The molecule has 0 aliphatic rings. The largest absolute Gasteiger partial charge is 0.445 e. The molecule has 2 aromatic rings. The van der Waals surface area contributed by atoms with E-state index in [1.807, 2.05) is 80.8 Å². The van der Waals surface area contributed by atoms with Gasteiger partial charge in [-0.15, -0.1) is 0 Å². The molecule has 0 aliphatic carbocycles. The third kappa shape index (κ3) is 8.92. The number of carbonyl (C=O) groups is 3. The van der Waals surface area contributed by atoms with Gasteiger partial charge in [0.2, 0.25) is 5.91 Å². The number of rotatable bonds is 12. The number of carbonyl (C=O) groups excluding carboxylic acids is 3. The molecule has 0 aromatic heterocycles. The van der Waals surface area contributed by atoms with Crippen LogP contribution < -0.4 is 5.32 Å². The van der Waals surface area contributed by atoms with Crippen molar-refractivity contribution >= 4 is 29.5 Å². The van der Waals surface area contributed by atoms with E-state index in [1.165, 1.54) is 16.7 Å². The van der Waals surface area contributed by atoms with E-state index in [0.717, 1.165) is 11.1 Å². The van der Waals surface area contributed by atoms with E-state index in [-0.39, 0.29) is 24.2 Å². The van der Waals surface area contributed by atoms with Crippen molar-refractivity contribution in [2.75, 3.05) is 19.1 Å². The van der Waals surface area contributed by atoms with Crippen LogP contribution in [0.4, 0.5) is 4.79 Å². The number of Topliss-reactive ketones (excluding diaryl/α,β-unsaturated/α-hetero) is 1. The Bertz CT molecular complexity index is 890. The van der Waals surface area contributed by atoms with E-state index in [9.17, 15) is 14.4 Å². The topological polar surface area (TPSA) is 75.7 Å². The Hall–Kier alpha value is -2.80. The standard InChI is InChI=1S/C26H34N2O4S/c1-19(2)15-22(27-26(31)32-17-21-13-9-6-10-14-21)25(30)28(3)23(24(29)18-33-4)16-20-11-7-5-8-12-20/h5-14,19,22-23H,15-18H2,1-4H3,(H,27,31). The number of nitrogens with zero attached hydrogens (tertiary/aromatic N) is 1. The van der Waals surface area contributed by atoms with Gasteiger partial charge in [-0.3, -0.25) is 9.59 Å². The molecule has 2 aromatic carbocycles. The van der Waals surface area contributed by atoms with Gasteiger partial charge in [0.05, 0.1) is 11.8 Å². The van der Waals surface area contributed by atoms with Crippen LogP contribution in [0.2, 0.25) is 0 Å². The van der Waals surface area contributed by atoms with Crippen LogP contribution in [-0.4, -0.2) is 53.8 Å². The van der Waals surface area contributed by atoms with Gasteiger partial charge in [-0.2, -0.15) is 11.8 Å². The molecular formula is C26H34N2O4S. The molecule has 7 heteroatoms. The maximum Gasteiger partial charge on any atom is 0.408 e. The van der Waals surface area contributed by atoms with Crippen LogP contribution in [0.15, 0.2) is 60.7 Å². The van der Waals surface area contributed by atoms with E-state index in [4.69, 9.17) is 4.74 Å². The molecule has 33 heavy (non-hydrogen) atoms. The Morgan fingerprint density at radius 2 is 1.55 bits per heavy atom. The van der Waals surface area contributed by atoms with Crippen LogP contribution in [0, 0.1) is 5.92 Å². The molecular weight excluding hydrogens is 436 g/mol. The first-order valence-electron chi connectivity index (χ1n) is 11.1. The summed E-state index contributed by atoms with van der Waals surface area (Å²) in [5, 5.41) is 2.72. The highest BCUT2D eigenvalue weighted by molar-refractivity contribution is 7.99. The van der Waals surface area contributed by atoms with Crippen molar-refractivity contribution in [2.45, 2.75) is 45.4 Å². The van der Waals surface area contributed by atoms with Gasteiger partial charge in [-0.25, -0.2) is 4.79 Å². The minimum absolute atomic E-state index is 0.0165. The lowest BCUT2D eigenvalue weighted by molar-refractivity contribution is -0.139. The maximum atomic E-state index is 13.4. The van der Waals surface area contributed by atoms with Crippen molar-refractivity contribution in [3.8, 4) is 0 Å². The fraction of sp³-hybridized carbons (Fsp3) is 0.423. The molecule has 0 aliphatic heterocycles. The molecule has 0 heterocycles. The van der Waals surface area contributed by atoms with Crippen molar-refractivity contribution in [2.24, 2.45) is 5.92 Å². The molecule has 2 rings (SSSR count). The van der Waals surface area contributed by atoms with Gasteiger partial charge in [0.25, 0.3) is 0 Å². The van der Waals surface area contributed by atoms with E-state index in [0.29, 0.717) is 18.6 Å². The first-order valence-corrected chi connectivity index (χ1v) is 12.5. The number of thioether (sulfide) groups is 1. The van der Waals surface area contributed by atoms with E-state index in [2.05, 4.69) is 5.32 Å². The van der Waals surface area contributed by atoms with E-state index in [1.54, 1.807) is 7.05 Å². The van der Waals surface area contributed by atoms with Crippen molar-refractivity contribution in [3.05, 3.63) is 71.8 Å². The monoisotopic (exact) mass is 470 g/mol. The highest BCUT2D eigenvalue weighted by Gasteiger charge is 2.32. The van der Waals surface area contributed by atoms with E-state index < -0.39 is 18.2 Å². The third-order valence-electron chi connectivity index (χ3n) is 5.26. The fourth-order valence-corrected chi connectivity index (χ4v) is 4.02. The lowest BCUT2D eigenvalue weighted by atomic mass is 9.98. The molecule has 0 bridgehead atoms. The second-order valence-electron chi connectivity index (χ2n) is 8.44. The van der Waals surface area contributed by atoms with Crippen molar-refractivity contribution in [1.29, 1.82) is 0 Å². The molecule has 2 amide bonds. The second kappa shape index (κ2) is 13.7. The van der Waals surface area contributed by atoms with Crippen molar-refractivity contribution in [1.82, 2.24) is 10.2 Å². The summed E-state index contributed by atoms with van der Waals surface area (Å²) in [4.78, 5) is 40.3. The number of hydrogen-bond donors (Lipinski definition) is 1. The molecule has 0 spiro atoms. The normalized spacial score (nSPS) is 12.6. The number of amides is 2. The van der Waals surface area contributed by atoms with Crippen LogP contribution in [0.5, 0.6) is 0 Å². The van der Waals surface area contributed by atoms with Gasteiger partial charge < -0.3 is 15.0 Å². The third-order valence-corrected chi connectivity index (χ3v) is 5.83. The Morgan fingerprint density at radius 1 is 0.970 bits per heavy atom. The second-order valence-corrected chi connectivity index (χ2v) is 9.31. The summed E-state index contributed by atoms with van der Waals surface area (Å²) in [6, 6.07) is 17.6. The van der Waals surface area contributed by atoms with Gasteiger partial charge in [-0.05, 0) is 36.1 Å². The number of benzene rings is 2. The highest BCUT2D eigenvalue weighted by atomic mass is 32.2. The lowest BCUT2D eigenvalue weighted by Crippen LogP contribution is -2.53. The summed E-state index contributed by atoms with van der Waals surface area (Å²) < 4.78 is 5.32. The number of likely N-dealkylation sites (N-methyl/N-ethyl adjacent to an activating group) is 1. The summed E-state index contributed by atoms with van der Waals surface area (Å²) in [6.45, 7) is 4.09. The summed E-state index contributed by atoms with van der Waals surface area (Å²) >= 11 is 1.43. The van der Waals surface area contributed by atoms with Gasteiger partial charge in [0, 0.05) is 7.05 Å². The molecule has 0 saturated carbocycles. The molecule has 1 N–H and O–H groups in total. The predicted octanol–water partition coefficient (Wildman–Crippen LogP) is 4.33. The van der Waals surface area contributed by atoms with Crippen LogP contribution in [0.3, 0.4) is 0 Å². The molecule has 178 valence electrons. The number of nitrogens with one attached hydrogen (secondary N) is 1. The SMILES string of the molecule is CSCC(=O)C(Cc1ccccc1)N(C)C(=O)C(CC(C)C)NC(=O)OCc1ccccc1. The quantitative estimate of drug-likeness (QED) is 0.500. The number of alkyl carbamates (subject to hydrolysis) is 1. The van der Waals surface area contributed by atoms with Gasteiger partial charge in [-0.1, -0.05) is 74.5 Å². The zero-order valence-corrected chi connectivity index (χ0v) is 20.6. The molecule has 0 radical (unpaired) electrons. The minimum Gasteiger partial charge on any atom is -0.445 e. The number of ketones is 1. The minimum atomic E-state index is -0.779. The number of ether oxygens (including phenoxy) is 1. The van der Waals surface area contributed by atoms with Gasteiger partial charge in [0.1, 0.15) is 12.6 Å². The van der Waals surface area contributed by atoms with Gasteiger partial charge >= 0.3 is 6.09 Å². The Kier molecular flexibility index (Phi) is 11.0. The Labute approximate surface area is 201 Å².